The van der Waals surface area contributed by atoms with Gasteiger partial charge in [-0.25, -0.2) is 9.78 Å². The van der Waals surface area contributed by atoms with Crippen molar-refractivity contribution in [1.82, 2.24) is 4.98 Å². The van der Waals surface area contributed by atoms with Crippen LogP contribution in [-0.4, -0.2) is 50.1 Å². The Kier molecular flexibility index (Phi) is 6.77. The van der Waals surface area contributed by atoms with Crippen molar-refractivity contribution in [2.45, 2.75) is 33.2 Å². The third-order valence-electron chi connectivity index (χ3n) is 3.22. The van der Waals surface area contributed by atoms with E-state index >= 15 is 0 Å². The Morgan fingerprint density at radius 3 is 2.52 bits per heavy atom. The van der Waals surface area contributed by atoms with Gasteiger partial charge in [0.15, 0.2) is 16.6 Å². The summed E-state index contributed by atoms with van der Waals surface area (Å²) in [6.45, 7) is 6.77. The molecule has 0 fully saturated rings. The smallest absolute Gasteiger partial charge is 0.358 e. The topological polar surface area (TPSA) is 68.7 Å². The molecule has 0 spiro atoms. The van der Waals surface area contributed by atoms with Crippen molar-refractivity contribution in [2.24, 2.45) is 0 Å². The summed E-state index contributed by atoms with van der Waals surface area (Å²) in [5.74, 6) is -0.770. The lowest BCUT2D eigenvalue weighted by atomic mass is 10.2. The van der Waals surface area contributed by atoms with E-state index in [9.17, 15) is 9.59 Å². The predicted octanol–water partition coefficient (Wildman–Crippen LogP) is 2.38. The zero-order valence-electron chi connectivity index (χ0n) is 13.1. The summed E-state index contributed by atoms with van der Waals surface area (Å²) >= 11 is 1.22. The molecule has 1 atom stereocenters. The lowest BCUT2D eigenvalue weighted by Gasteiger charge is -2.27. The van der Waals surface area contributed by atoms with E-state index in [2.05, 4.69) is 18.8 Å². The Balaban J connectivity index is 3.19. The molecule has 1 aromatic rings. The number of carbonyl (C=O) groups is 2. The lowest BCUT2D eigenvalue weighted by molar-refractivity contribution is 0.0591. The van der Waals surface area contributed by atoms with E-state index in [4.69, 9.17) is 9.47 Å². The molecule has 118 valence electrons. The highest BCUT2D eigenvalue weighted by molar-refractivity contribution is 7.17. The molecule has 7 heteroatoms. The van der Waals surface area contributed by atoms with Crippen molar-refractivity contribution in [1.29, 1.82) is 0 Å². The van der Waals surface area contributed by atoms with Crippen molar-refractivity contribution in [3.05, 3.63) is 10.6 Å². The summed E-state index contributed by atoms with van der Waals surface area (Å²) in [6.07, 6.45) is 0.923. The normalized spacial score (nSPS) is 12.0. The number of hydrogen-bond donors (Lipinski definition) is 0. The molecule has 0 amide bonds. The minimum atomic E-state index is -0.585. The maximum atomic E-state index is 11.8. The molecule has 1 aromatic heterocycles. The number of esters is 1. The number of anilines is 1. The summed E-state index contributed by atoms with van der Waals surface area (Å²) in [6, 6.07) is 0.233. The van der Waals surface area contributed by atoms with Crippen LogP contribution in [0.15, 0.2) is 0 Å². The third kappa shape index (κ3) is 4.25. The summed E-state index contributed by atoms with van der Waals surface area (Å²) in [5, 5.41) is 0.645. The third-order valence-corrected chi connectivity index (χ3v) is 4.41. The summed E-state index contributed by atoms with van der Waals surface area (Å²) in [5.41, 5.74) is 0.0933. The van der Waals surface area contributed by atoms with Crippen LogP contribution in [0, 0.1) is 0 Å². The fraction of sp³-hybridized carbons (Fsp3) is 0.643. The SMILES string of the molecule is CCC(C)N(CCOC)c1nc(C(=O)OC)c(C(C)=O)s1. The van der Waals surface area contributed by atoms with Gasteiger partial charge in [0.1, 0.15) is 4.88 Å². The molecule has 6 nitrogen and oxygen atoms in total. The lowest BCUT2D eigenvalue weighted by Crippen LogP contribution is -2.35. The molecule has 0 N–H and O–H groups in total. The maximum Gasteiger partial charge on any atom is 0.358 e. The Hall–Kier alpha value is -1.47. The minimum Gasteiger partial charge on any atom is -0.464 e. The molecule has 1 unspecified atom stereocenters. The molecule has 0 aliphatic rings. The van der Waals surface area contributed by atoms with Gasteiger partial charge in [-0.15, -0.1) is 0 Å². The van der Waals surface area contributed by atoms with Crippen molar-refractivity contribution in [3.63, 3.8) is 0 Å². The first-order valence-corrected chi connectivity index (χ1v) is 7.63. The Morgan fingerprint density at radius 1 is 1.38 bits per heavy atom. The number of hydrogen-bond acceptors (Lipinski definition) is 7. The molecule has 0 saturated carbocycles. The monoisotopic (exact) mass is 314 g/mol. The van der Waals surface area contributed by atoms with Crippen molar-refractivity contribution in [3.8, 4) is 0 Å². The highest BCUT2D eigenvalue weighted by atomic mass is 32.1. The average Bonchev–Trinajstić information content (AvgIpc) is 2.91. The summed E-state index contributed by atoms with van der Waals surface area (Å²) in [4.78, 5) is 30.2. The second-order valence-corrected chi connectivity index (χ2v) is 5.64. The molecule has 21 heavy (non-hydrogen) atoms. The van der Waals surface area contributed by atoms with Crippen LogP contribution in [0.5, 0.6) is 0 Å². The van der Waals surface area contributed by atoms with E-state index in [0.29, 0.717) is 23.2 Å². The average molecular weight is 314 g/mol. The van der Waals surface area contributed by atoms with Crippen LogP contribution in [-0.2, 0) is 9.47 Å². The quantitative estimate of drug-likeness (QED) is 0.542. The number of thiazole rings is 1. The molecule has 0 saturated heterocycles. The van der Waals surface area contributed by atoms with Crippen molar-refractivity contribution in [2.75, 3.05) is 32.3 Å². The first-order chi connectivity index (χ1) is 9.96. The number of carbonyl (C=O) groups excluding carboxylic acids is 2. The zero-order valence-corrected chi connectivity index (χ0v) is 14.0. The fourth-order valence-electron chi connectivity index (χ4n) is 1.82. The van der Waals surface area contributed by atoms with Crippen LogP contribution in [0.1, 0.15) is 47.4 Å². The van der Waals surface area contributed by atoms with Gasteiger partial charge in [0.2, 0.25) is 0 Å². The van der Waals surface area contributed by atoms with Crippen LogP contribution in [0.3, 0.4) is 0 Å². The van der Waals surface area contributed by atoms with E-state index in [1.807, 2.05) is 4.90 Å². The second-order valence-electron chi connectivity index (χ2n) is 4.67. The molecule has 1 rings (SSSR count). The van der Waals surface area contributed by atoms with Gasteiger partial charge in [-0.05, 0) is 13.3 Å². The number of ether oxygens (including phenoxy) is 2. The minimum absolute atomic E-state index is 0.0933. The number of aromatic nitrogens is 1. The van der Waals surface area contributed by atoms with Gasteiger partial charge in [0.25, 0.3) is 0 Å². The fourth-order valence-corrected chi connectivity index (χ4v) is 2.90. The van der Waals surface area contributed by atoms with Gasteiger partial charge in [-0.1, -0.05) is 18.3 Å². The highest BCUT2D eigenvalue weighted by Gasteiger charge is 2.25. The first kappa shape index (κ1) is 17.6. The molecule has 0 aliphatic heterocycles. The van der Waals surface area contributed by atoms with Gasteiger partial charge < -0.3 is 14.4 Å². The molecular weight excluding hydrogens is 292 g/mol. The van der Waals surface area contributed by atoms with Crippen LogP contribution in [0.25, 0.3) is 0 Å². The van der Waals surface area contributed by atoms with Crippen molar-refractivity contribution < 1.29 is 19.1 Å². The van der Waals surface area contributed by atoms with E-state index in [-0.39, 0.29) is 17.5 Å². The predicted molar refractivity (Wildman–Crippen MR) is 82.4 cm³/mol. The van der Waals surface area contributed by atoms with Gasteiger partial charge in [-0.3, -0.25) is 4.79 Å². The maximum absolute atomic E-state index is 11.8. The van der Waals surface area contributed by atoms with Gasteiger partial charge in [-0.2, -0.15) is 0 Å². The standard InChI is InChI=1S/C14H22N2O4S/c1-6-9(2)16(7-8-19-4)14-15-11(13(18)20-5)12(21-14)10(3)17/h9H,6-8H2,1-5H3. The molecular formula is C14H22N2O4S. The van der Waals surface area contributed by atoms with E-state index in [1.165, 1.54) is 25.4 Å². The molecule has 0 bridgehead atoms. The molecule has 0 aliphatic carbocycles. The van der Waals surface area contributed by atoms with Gasteiger partial charge in [0, 0.05) is 26.6 Å². The Morgan fingerprint density at radius 2 is 2.05 bits per heavy atom. The molecule has 1 heterocycles. The highest BCUT2D eigenvalue weighted by Crippen LogP contribution is 2.29. The number of ketones is 1. The molecule has 0 aromatic carbocycles. The zero-order chi connectivity index (χ0) is 16.0. The number of nitrogens with zero attached hydrogens (tertiary/aromatic N) is 2. The Labute approximate surface area is 129 Å². The second kappa shape index (κ2) is 8.09. The van der Waals surface area contributed by atoms with Crippen LogP contribution in [0.2, 0.25) is 0 Å². The largest absolute Gasteiger partial charge is 0.464 e. The van der Waals surface area contributed by atoms with Crippen LogP contribution in [0.4, 0.5) is 5.13 Å². The summed E-state index contributed by atoms with van der Waals surface area (Å²) in [7, 11) is 2.92. The van der Waals surface area contributed by atoms with Crippen LogP contribution >= 0.6 is 11.3 Å². The Bertz CT molecular complexity index is 501. The number of Topliss-reactive ketones (excluding diaryl/α,β-unsaturated/α-hetero) is 1. The van der Waals surface area contributed by atoms with E-state index in [1.54, 1.807) is 7.11 Å². The van der Waals surface area contributed by atoms with Gasteiger partial charge >= 0.3 is 5.97 Å². The van der Waals surface area contributed by atoms with Crippen molar-refractivity contribution >= 4 is 28.2 Å². The molecule has 0 radical (unpaired) electrons. The summed E-state index contributed by atoms with van der Waals surface area (Å²) < 4.78 is 9.82. The first-order valence-electron chi connectivity index (χ1n) is 6.81. The number of methoxy groups -OCH3 is 2. The van der Waals surface area contributed by atoms with E-state index in [0.717, 1.165) is 6.42 Å². The number of rotatable bonds is 8. The van der Waals surface area contributed by atoms with Crippen LogP contribution < -0.4 is 4.90 Å². The van der Waals surface area contributed by atoms with E-state index < -0.39 is 5.97 Å². The van der Waals surface area contributed by atoms with Gasteiger partial charge in [0.05, 0.1) is 13.7 Å².